The maximum atomic E-state index is 14.1. The Kier molecular flexibility index (Phi) is 7.60. The zero-order valence-corrected chi connectivity index (χ0v) is 24.8. The molecule has 7 atom stereocenters. The van der Waals surface area contributed by atoms with Gasteiger partial charge in [-0.3, -0.25) is 9.59 Å². The Bertz CT molecular complexity index is 2290. The third kappa shape index (κ3) is 4.82. The second kappa shape index (κ2) is 11.5. The fraction of sp³-hybridized carbons (Fsp3) is 0.312. The average molecular weight is 685 g/mol. The van der Waals surface area contributed by atoms with Crippen molar-refractivity contribution >= 4 is 32.9 Å². The van der Waals surface area contributed by atoms with Crippen LogP contribution in [-0.2, 0) is 9.47 Å². The number of aliphatic hydroxyl groups is 5. The molecular formula is C32H28O17. The van der Waals surface area contributed by atoms with Crippen molar-refractivity contribution in [3.8, 4) is 45.6 Å². The second-order valence-corrected chi connectivity index (χ2v) is 11.9. The molecule has 7 rings (SSSR count). The number of aromatic hydroxyl groups is 6. The summed E-state index contributed by atoms with van der Waals surface area (Å²) in [5.41, 5.74) is -4.92. The van der Waals surface area contributed by atoms with E-state index >= 15 is 0 Å². The van der Waals surface area contributed by atoms with E-state index in [0.29, 0.717) is 0 Å². The van der Waals surface area contributed by atoms with Crippen molar-refractivity contribution in [2.45, 2.75) is 55.8 Å². The summed E-state index contributed by atoms with van der Waals surface area (Å²) in [5.74, 6) is -5.01. The monoisotopic (exact) mass is 684 g/mol. The fourth-order valence-electron chi connectivity index (χ4n) is 6.51. The summed E-state index contributed by atoms with van der Waals surface area (Å²) in [6.07, 6.45) is -11.1. The van der Waals surface area contributed by atoms with E-state index in [2.05, 4.69) is 0 Å². The minimum absolute atomic E-state index is 0.0315. The van der Waals surface area contributed by atoms with E-state index in [-0.39, 0.29) is 29.7 Å². The Morgan fingerprint density at radius 1 is 0.714 bits per heavy atom. The van der Waals surface area contributed by atoms with Crippen molar-refractivity contribution in [2.75, 3.05) is 6.61 Å². The standard InChI is InChI=1S/C32H28O17/c33-7-17-24(40)28(44)29(45)32(49-17)48-14-2-1-10(35)30-21(14)27(43)20-16(47-30)6-12(37)18(25(20)41)9-5-13(38)31-22(23(9)39)26(42)19-11(36)3-8(34)4-15(19)46-31/h3-6,10,14,17,24,28-29,32-41,44-45H,1-2,7H2/t10-,14+,17+,24+,28-,29+,32+/m1/s1. The van der Waals surface area contributed by atoms with Gasteiger partial charge in [0.1, 0.15) is 92.4 Å². The van der Waals surface area contributed by atoms with E-state index in [1.54, 1.807) is 0 Å². The summed E-state index contributed by atoms with van der Waals surface area (Å²) in [5, 5.41) is 114. The Morgan fingerprint density at radius 2 is 1.43 bits per heavy atom. The fourth-order valence-corrected chi connectivity index (χ4v) is 6.51. The van der Waals surface area contributed by atoms with Crippen molar-refractivity contribution < 1.29 is 74.5 Å². The van der Waals surface area contributed by atoms with E-state index in [4.69, 9.17) is 18.3 Å². The largest absolute Gasteiger partial charge is 0.508 e. The van der Waals surface area contributed by atoms with Crippen LogP contribution < -0.4 is 10.9 Å². The van der Waals surface area contributed by atoms with Gasteiger partial charge in [0.15, 0.2) is 17.6 Å². The van der Waals surface area contributed by atoms with E-state index < -0.39 is 133 Å². The van der Waals surface area contributed by atoms with Crippen LogP contribution in [0.4, 0.5) is 0 Å². The van der Waals surface area contributed by atoms with Crippen LogP contribution in [0.15, 0.2) is 42.7 Å². The molecule has 258 valence electrons. The van der Waals surface area contributed by atoms with Gasteiger partial charge < -0.3 is 74.5 Å². The van der Waals surface area contributed by atoms with Gasteiger partial charge in [0.05, 0.1) is 23.8 Å². The Morgan fingerprint density at radius 3 is 2.14 bits per heavy atom. The normalized spacial score (nSPS) is 25.6. The van der Waals surface area contributed by atoms with Crippen LogP contribution >= 0.6 is 0 Å². The van der Waals surface area contributed by atoms with E-state index in [1.807, 2.05) is 0 Å². The summed E-state index contributed by atoms with van der Waals surface area (Å²) in [6.45, 7) is -0.752. The van der Waals surface area contributed by atoms with Gasteiger partial charge in [0.25, 0.3) is 0 Å². The molecule has 0 unspecified atom stereocenters. The first-order chi connectivity index (χ1) is 23.2. The highest BCUT2D eigenvalue weighted by Crippen LogP contribution is 2.50. The molecule has 3 heterocycles. The van der Waals surface area contributed by atoms with Crippen molar-refractivity contribution in [1.29, 1.82) is 0 Å². The van der Waals surface area contributed by atoms with Crippen LogP contribution in [0.5, 0.6) is 34.5 Å². The smallest absolute Gasteiger partial charge is 0.208 e. The summed E-state index contributed by atoms with van der Waals surface area (Å²) in [4.78, 5) is 27.5. The predicted octanol–water partition coefficient (Wildman–Crippen LogP) is 0.638. The molecule has 0 spiro atoms. The molecule has 17 nitrogen and oxygen atoms in total. The average Bonchev–Trinajstić information content (AvgIpc) is 3.04. The third-order valence-corrected chi connectivity index (χ3v) is 8.91. The first-order valence-electron chi connectivity index (χ1n) is 14.8. The lowest BCUT2D eigenvalue weighted by molar-refractivity contribution is -0.314. The van der Waals surface area contributed by atoms with Gasteiger partial charge in [-0.1, -0.05) is 0 Å². The zero-order chi connectivity index (χ0) is 35.2. The molecule has 0 amide bonds. The number of benzene rings is 3. The molecule has 1 saturated heterocycles. The lowest BCUT2D eigenvalue weighted by Gasteiger charge is -2.41. The molecule has 2 aromatic heterocycles. The van der Waals surface area contributed by atoms with Crippen molar-refractivity contribution in [1.82, 2.24) is 0 Å². The van der Waals surface area contributed by atoms with Crippen LogP contribution in [0.25, 0.3) is 44.0 Å². The van der Waals surface area contributed by atoms with Crippen molar-refractivity contribution in [3.63, 3.8) is 0 Å². The molecule has 1 aliphatic heterocycles. The van der Waals surface area contributed by atoms with Crippen molar-refractivity contribution in [3.05, 3.63) is 56.0 Å². The Balaban J connectivity index is 1.41. The van der Waals surface area contributed by atoms with E-state index in [1.165, 1.54) is 0 Å². The van der Waals surface area contributed by atoms with Gasteiger partial charge in [0, 0.05) is 23.8 Å². The maximum Gasteiger partial charge on any atom is 0.208 e. The highest BCUT2D eigenvalue weighted by atomic mass is 16.7. The molecule has 1 fully saturated rings. The molecule has 1 aliphatic carbocycles. The third-order valence-electron chi connectivity index (χ3n) is 8.91. The van der Waals surface area contributed by atoms with E-state index in [0.717, 1.165) is 24.3 Å². The summed E-state index contributed by atoms with van der Waals surface area (Å²) in [6, 6.07) is 3.55. The minimum atomic E-state index is -1.83. The number of hydrogen-bond acceptors (Lipinski definition) is 17. The molecule has 0 saturated carbocycles. The number of fused-ring (bicyclic) bond motifs is 4. The van der Waals surface area contributed by atoms with Crippen LogP contribution in [0.3, 0.4) is 0 Å². The molecule has 17 heteroatoms. The molecule has 5 aromatic rings. The van der Waals surface area contributed by atoms with Crippen LogP contribution in [0, 0.1) is 0 Å². The van der Waals surface area contributed by atoms with Crippen LogP contribution in [0.1, 0.15) is 36.4 Å². The van der Waals surface area contributed by atoms with Crippen LogP contribution in [0.2, 0.25) is 0 Å². The number of aliphatic hydroxyl groups excluding tert-OH is 5. The summed E-state index contributed by atoms with van der Waals surface area (Å²) in [7, 11) is 0. The van der Waals surface area contributed by atoms with Gasteiger partial charge in [-0.25, -0.2) is 0 Å². The molecule has 2 aliphatic rings. The maximum absolute atomic E-state index is 14.1. The van der Waals surface area contributed by atoms with Gasteiger partial charge in [-0.2, -0.15) is 0 Å². The van der Waals surface area contributed by atoms with Gasteiger partial charge >= 0.3 is 0 Å². The topological polar surface area (TPSA) is 301 Å². The molecule has 0 bridgehead atoms. The first-order valence-corrected chi connectivity index (χ1v) is 14.8. The lowest BCUT2D eigenvalue weighted by Crippen LogP contribution is -2.59. The van der Waals surface area contributed by atoms with Gasteiger partial charge in [0.2, 0.25) is 10.9 Å². The molecule has 11 N–H and O–H groups in total. The van der Waals surface area contributed by atoms with E-state index in [9.17, 15) is 65.8 Å². The summed E-state index contributed by atoms with van der Waals surface area (Å²) >= 11 is 0. The molecular weight excluding hydrogens is 656 g/mol. The summed E-state index contributed by atoms with van der Waals surface area (Å²) < 4.78 is 22.5. The predicted molar refractivity (Wildman–Crippen MR) is 163 cm³/mol. The highest BCUT2D eigenvalue weighted by Gasteiger charge is 2.46. The van der Waals surface area contributed by atoms with Gasteiger partial charge in [-0.05, 0) is 18.9 Å². The SMILES string of the molecule is O=c1c2c(oc3cc(O)c(-c4cc(O)c5oc6cc(O)cc(O)c6c(=O)c5c4O)c(O)c13)[C@H](O)CC[C@@H]2O[C@H]1O[C@@H](CO)[C@H](O)[C@@H](O)[C@@H]1O. The first kappa shape index (κ1) is 32.4. The second-order valence-electron chi connectivity index (χ2n) is 11.9. The zero-order valence-electron chi connectivity index (χ0n) is 24.8. The van der Waals surface area contributed by atoms with Crippen molar-refractivity contribution in [2.24, 2.45) is 0 Å². The molecule has 49 heavy (non-hydrogen) atoms. The Labute approximate surface area is 271 Å². The Hall–Kier alpha value is -5.14. The number of phenolic OH excluding ortho intramolecular Hbond substituents is 6. The number of hydrogen-bond donors (Lipinski definition) is 11. The number of ether oxygens (including phenoxy) is 2. The highest BCUT2D eigenvalue weighted by molar-refractivity contribution is 6.05. The minimum Gasteiger partial charge on any atom is -0.508 e. The number of phenols is 6. The molecule has 0 radical (unpaired) electrons. The van der Waals surface area contributed by atoms with Crippen LogP contribution in [-0.4, -0.2) is 93.5 Å². The number of rotatable bonds is 4. The lowest BCUT2D eigenvalue weighted by atomic mass is 9.89. The quantitative estimate of drug-likeness (QED) is 0.0914. The molecule has 3 aromatic carbocycles. The van der Waals surface area contributed by atoms with Gasteiger partial charge in [-0.15, -0.1) is 0 Å².